The first kappa shape index (κ1) is 17.3. The van der Waals surface area contributed by atoms with Gasteiger partial charge in [0, 0.05) is 32.5 Å². The van der Waals surface area contributed by atoms with Crippen molar-refractivity contribution in [1.82, 2.24) is 14.6 Å². The molecular formula is C14H21N3O7. The normalized spacial score (nSPS) is 31.4. The van der Waals surface area contributed by atoms with Crippen LogP contribution in [0.5, 0.6) is 0 Å². The molecule has 0 spiro atoms. The fourth-order valence-corrected chi connectivity index (χ4v) is 2.82. The molecule has 134 valence electrons. The summed E-state index contributed by atoms with van der Waals surface area (Å²) < 4.78 is 17.5. The van der Waals surface area contributed by atoms with E-state index in [9.17, 15) is 14.7 Å². The van der Waals surface area contributed by atoms with Crippen LogP contribution in [0.3, 0.4) is 0 Å². The average molecular weight is 343 g/mol. The van der Waals surface area contributed by atoms with Crippen molar-refractivity contribution < 1.29 is 24.2 Å². The molecule has 4 atom stereocenters. The minimum Gasteiger partial charge on any atom is -0.387 e. The van der Waals surface area contributed by atoms with Crippen molar-refractivity contribution in [3.63, 3.8) is 0 Å². The molecule has 2 saturated heterocycles. The van der Waals surface area contributed by atoms with E-state index >= 15 is 0 Å². The van der Waals surface area contributed by atoms with E-state index in [2.05, 4.69) is 4.98 Å². The number of hydrogen-bond donors (Lipinski definition) is 2. The molecule has 0 bridgehead atoms. The van der Waals surface area contributed by atoms with Crippen molar-refractivity contribution in [1.29, 1.82) is 0 Å². The zero-order chi connectivity index (χ0) is 17.1. The van der Waals surface area contributed by atoms with Gasteiger partial charge in [0.2, 0.25) is 0 Å². The molecule has 3 heterocycles. The molecule has 1 aromatic rings. The third-order valence-corrected chi connectivity index (χ3v) is 4.10. The summed E-state index contributed by atoms with van der Waals surface area (Å²) in [5.74, 6) is 0. The molecule has 0 radical (unpaired) electrons. The van der Waals surface area contributed by atoms with E-state index in [1.54, 1.807) is 5.06 Å². The van der Waals surface area contributed by atoms with Crippen LogP contribution in [-0.4, -0.2) is 78.1 Å². The minimum absolute atomic E-state index is 0.121. The molecule has 2 N–H and O–H groups in total. The number of hydrogen-bond acceptors (Lipinski definition) is 8. The number of aromatic nitrogens is 2. The molecule has 2 fully saturated rings. The first-order valence-corrected chi connectivity index (χ1v) is 7.73. The molecule has 2 aliphatic rings. The number of nitrogens with one attached hydrogen (secondary N) is 1. The highest BCUT2D eigenvalue weighted by atomic mass is 16.7. The van der Waals surface area contributed by atoms with Crippen LogP contribution in [0.2, 0.25) is 0 Å². The fourth-order valence-electron chi connectivity index (χ4n) is 2.82. The molecule has 0 saturated carbocycles. The third-order valence-electron chi connectivity index (χ3n) is 4.10. The van der Waals surface area contributed by atoms with E-state index in [1.807, 2.05) is 0 Å². The molecule has 10 heteroatoms. The molecule has 0 aromatic carbocycles. The van der Waals surface area contributed by atoms with E-state index < -0.39 is 35.8 Å². The van der Waals surface area contributed by atoms with Crippen LogP contribution in [0.25, 0.3) is 0 Å². The summed E-state index contributed by atoms with van der Waals surface area (Å²) in [4.78, 5) is 30.9. The van der Waals surface area contributed by atoms with Crippen molar-refractivity contribution >= 4 is 0 Å². The van der Waals surface area contributed by atoms with Crippen LogP contribution in [0.1, 0.15) is 6.23 Å². The SMILES string of the molecule is CO[C@H]1C(O)[C@@H](CON2CCOCC2)O[C@H]1n1ccc(=O)[nH]c1=O. The number of methoxy groups -OCH3 is 1. The fraction of sp³-hybridized carbons (Fsp3) is 0.714. The second-order valence-electron chi connectivity index (χ2n) is 5.61. The highest BCUT2D eigenvalue weighted by Crippen LogP contribution is 2.30. The van der Waals surface area contributed by atoms with Gasteiger partial charge in [0.25, 0.3) is 5.56 Å². The van der Waals surface area contributed by atoms with Gasteiger partial charge >= 0.3 is 5.69 Å². The monoisotopic (exact) mass is 343 g/mol. The smallest absolute Gasteiger partial charge is 0.330 e. The summed E-state index contributed by atoms with van der Waals surface area (Å²) in [6.07, 6.45) is -1.93. The van der Waals surface area contributed by atoms with Crippen LogP contribution in [0, 0.1) is 0 Å². The van der Waals surface area contributed by atoms with Gasteiger partial charge in [-0.05, 0) is 0 Å². The van der Waals surface area contributed by atoms with Crippen molar-refractivity contribution in [3.8, 4) is 0 Å². The molecule has 1 aromatic heterocycles. The Morgan fingerprint density at radius 1 is 1.38 bits per heavy atom. The number of nitrogens with zero attached hydrogens (tertiary/aromatic N) is 2. The zero-order valence-electron chi connectivity index (χ0n) is 13.3. The highest BCUT2D eigenvalue weighted by molar-refractivity contribution is 4.93. The lowest BCUT2D eigenvalue weighted by atomic mass is 10.1. The van der Waals surface area contributed by atoms with Crippen molar-refractivity contribution in [2.75, 3.05) is 40.0 Å². The van der Waals surface area contributed by atoms with Crippen LogP contribution in [0.15, 0.2) is 21.9 Å². The summed E-state index contributed by atoms with van der Waals surface area (Å²) in [5, 5.41) is 12.1. The largest absolute Gasteiger partial charge is 0.387 e. The lowest BCUT2D eigenvalue weighted by Crippen LogP contribution is -2.41. The standard InChI is InChI=1S/C14H21N3O7/c1-21-12-11(19)9(8-23-16-4-6-22-7-5-16)24-13(12)17-3-2-10(18)15-14(17)20/h2-3,9,11-13,19H,4-8H2,1H3,(H,15,18,20)/t9-,11?,12+,13-/m1/s1. The summed E-state index contributed by atoms with van der Waals surface area (Å²) >= 11 is 0. The predicted molar refractivity (Wildman–Crippen MR) is 80.4 cm³/mol. The lowest BCUT2D eigenvalue weighted by molar-refractivity contribution is -0.217. The van der Waals surface area contributed by atoms with Gasteiger partial charge in [-0.3, -0.25) is 19.2 Å². The van der Waals surface area contributed by atoms with Gasteiger partial charge in [-0.2, -0.15) is 5.06 Å². The third kappa shape index (κ3) is 3.58. The van der Waals surface area contributed by atoms with Gasteiger partial charge in [0.15, 0.2) is 6.23 Å². The lowest BCUT2D eigenvalue weighted by Gasteiger charge is -2.27. The second-order valence-corrected chi connectivity index (χ2v) is 5.61. The topological polar surface area (TPSA) is 115 Å². The van der Waals surface area contributed by atoms with Crippen molar-refractivity contribution in [2.24, 2.45) is 0 Å². The summed E-state index contributed by atoms with van der Waals surface area (Å²) in [5.41, 5.74) is -1.13. The van der Waals surface area contributed by atoms with E-state index in [4.69, 9.17) is 19.0 Å². The molecule has 0 aliphatic carbocycles. The quantitative estimate of drug-likeness (QED) is 0.635. The summed E-state index contributed by atoms with van der Waals surface area (Å²) in [6, 6.07) is 1.21. The summed E-state index contributed by atoms with van der Waals surface area (Å²) in [6.45, 7) is 2.57. The average Bonchev–Trinajstić information content (AvgIpc) is 2.89. The number of ether oxygens (including phenoxy) is 3. The Kier molecular flexibility index (Phi) is 5.43. The van der Waals surface area contributed by atoms with Crippen LogP contribution < -0.4 is 11.2 Å². The molecule has 1 unspecified atom stereocenters. The second kappa shape index (κ2) is 7.55. The number of aromatic amines is 1. The number of morpholine rings is 1. The molecule has 2 aliphatic heterocycles. The van der Waals surface area contributed by atoms with Crippen LogP contribution >= 0.6 is 0 Å². The Hall–Kier alpha value is -1.56. The van der Waals surface area contributed by atoms with Gasteiger partial charge in [0.1, 0.15) is 18.3 Å². The van der Waals surface area contributed by atoms with Gasteiger partial charge in [-0.1, -0.05) is 0 Å². The van der Waals surface area contributed by atoms with E-state index in [0.29, 0.717) is 26.3 Å². The molecule has 24 heavy (non-hydrogen) atoms. The zero-order valence-corrected chi connectivity index (χ0v) is 13.3. The van der Waals surface area contributed by atoms with Crippen molar-refractivity contribution in [3.05, 3.63) is 33.1 Å². The Morgan fingerprint density at radius 3 is 2.79 bits per heavy atom. The first-order chi connectivity index (χ1) is 11.6. The predicted octanol–water partition coefficient (Wildman–Crippen LogP) is -1.93. The Bertz CT molecular complexity index is 654. The molecular weight excluding hydrogens is 322 g/mol. The Labute approximate surface area is 137 Å². The number of aliphatic hydroxyl groups is 1. The van der Waals surface area contributed by atoms with Crippen LogP contribution in [0.4, 0.5) is 0 Å². The number of H-pyrrole nitrogens is 1. The maximum Gasteiger partial charge on any atom is 0.330 e. The van der Waals surface area contributed by atoms with Gasteiger partial charge in [-0.25, -0.2) is 4.79 Å². The van der Waals surface area contributed by atoms with Crippen LogP contribution in [-0.2, 0) is 19.0 Å². The number of hydroxylamine groups is 2. The molecule has 3 rings (SSSR count). The number of rotatable bonds is 5. The van der Waals surface area contributed by atoms with E-state index in [1.165, 1.54) is 23.9 Å². The summed E-state index contributed by atoms with van der Waals surface area (Å²) in [7, 11) is 1.42. The number of aliphatic hydroxyl groups excluding tert-OH is 1. The maximum atomic E-state index is 11.9. The Balaban J connectivity index is 1.69. The van der Waals surface area contributed by atoms with Gasteiger partial charge in [0.05, 0.1) is 19.8 Å². The van der Waals surface area contributed by atoms with Gasteiger partial charge < -0.3 is 19.3 Å². The maximum absolute atomic E-state index is 11.9. The van der Waals surface area contributed by atoms with E-state index in [-0.39, 0.29) is 6.61 Å². The van der Waals surface area contributed by atoms with E-state index in [0.717, 1.165) is 0 Å². The highest BCUT2D eigenvalue weighted by Gasteiger charge is 2.45. The Morgan fingerprint density at radius 2 is 2.12 bits per heavy atom. The van der Waals surface area contributed by atoms with Crippen molar-refractivity contribution in [2.45, 2.75) is 24.5 Å². The minimum atomic E-state index is -0.972. The van der Waals surface area contributed by atoms with Gasteiger partial charge in [-0.15, -0.1) is 0 Å². The molecule has 0 amide bonds. The molecule has 10 nitrogen and oxygen atoms in total. The first-order valence-electron chi connectivity index (χ1n) is 7.73.